The fourth-order valence-electron chi connectivity index (χ4n) is 2.38. The van der Waals surface area contributed by atoms with E-state index in [0.717, 1.165) is 6.07 Å². The van der Waals surface area contributed by atoms with Crippen LogP contribution >= 0.6 is 11.6 Å². The van der Waals surface area contributed by atoms with E-state index < -0.39 is 10.9 Å². The molecule has 0 aliphatic rings. The van der Waals surface area contributed by atoms with E-state index in [4.69, 9.17) is 16.3 Å². The molecule has 0 saturated carbocycles. The van der Waals surface area contributed by atoms with Gasteiger partial charge in [0.2, 0.25) is 0 Å². The van der Waals surface area contributed by atoms with Gasteiger partial charge in [0.15, 0.2) is 5.78 Å². The van der Waals surface area contributed by atoms with Crippen LogP contribution in [0.3, 0.4) is 0 Å². The highest BCUT2D eigenvalue weighted by molar-refractivity contribution is 6.33. The van der Waals surface area contributed by atoms with E-state index in [2.05, 4.69) is 0 Å². The highest BCUT2D eigenvalue weighted by Gasteiger charge is 2.17. The molecule has 0 amide bonds. The summed E-state index contributed by atoms with van der Waals surface area (Å²) in [6, 6.07) is 18.4. The van der Waals surface area contributed by atoms with E-state index >= 15 is 0 Å². The van der Waals surface area contributed by atoms with Crippen molar-refractivity contribution in [1.29, 1.82) is 0 Å². The molecule has 0 aromatic heterocycles. The maximum Gasteiger partial charge on any atom is 0.345 e. The fraction of sp³-hybridized carbons (Fsp3) is 0. The van der Waals surface area contributed by atoms with Crippen molar-refractivity contribution in [3.05, 3.63) is 105 Å². The molecule has 27 heavy (non-hydrogen) atoms. The number of rotatable bonds is 5. The Labute approximate surface area is 159 Å². The quantitative estimate of drug-likeness (QED) is 0.210. The molecule has 0 atom stereocenters. The number of nitro groups is 1. The van der Waals surface area contributed by atoms with Crippen LogP contribution in [0.4, 0.5) is 5.69 Å². The van der Waals surface area contributed by atoms with Crippen molar-refractivity contribution < 1.29 is 19.2 Å². The molecule has 3 aromatic rings. The van der Waals surface area contributed by atoms with E-state index in [1.54, 1.807) is 36.4 Å². The van der Waals surface area contributed by atoms with Gasteiger partial charge in [-0.25, -0.2) is 4.79 Å². The molecule has 0 spiro atoms. The van der Waals surface area contributed by atoms with Crippen molar-refractivity contribution in [2.45, 2.75) is 0 Å². The molecule has 0 radical (unpaired) electrons. The van der Waals surface area contributed by atoms with Crippen LogP contribution in [0.1, 0.15) is 26.3 Å². The monoisotopic (exact) mass is 381 g/mol. The van der Waals surface area contributed by atoms with Gasteiger partial charge >= 0.3 is 5.97 Å². The highest BCUT2D eigenvalue weighted by atomic mass is 35.5. The third kappa shape index (κ3) is 4.19. The Morgan fingerprint density at radius 1 is 0.889 bits per heavy atom. The number of benzene rings is 3. The van der Waals surface area contributed by atoms with Crippen molar-refractivity contribution in [3.63, 3.8) is 0 Å². The lowest BCUT2D eigenvalue weighted by molar-refractivity contribution is -0.384. The molecule has 3 rings (SSSR count). The molecule has 0 N–H and O–H groups in total. The van der Waals surface area contributed by atoms with E-state index in [-0.39, 0.29) is 27.8 Å². The molecule has 7 heteroatoms. The van der Waals surface area contributed by atoms with Crippen LogP contribution in [-0.4, -0.2) is 16.7 Å². The molecule has 0 unspecified atom stereocenters. The molecule has 0 fully saturated rings. The second-order valence-corrected chi connectivity index (χ2v) is 5.94. The van der Waals surface area contributed by atoms with Gasteiger partial charge in [-0.3, -0.25) is 14.9 Å². The zero-order valence-electron chi connectivity index (χ0n) is 13.8. The van der Waals surface area contributed by atoms with Crippen molar-refractivity contribution in [2.75, 3.05) is 0 Å². The van der Waals surface area contributed by atoms with Gasteiger partial charge in [-0.2, -0.15) is 0 Å². The summed E-state index contributed by atoms with van der Waals surface area (Å²) in [6.45, 7) is 0. The molecule has 3 aromatic carbocycles. The van der Waals surface area contributed by atoms with Gasteiger partial charge in [0, 0.05) is 23.3 Å². The van der Waals surface area contributed by atoms with Gasteiger partial charge in [-0.1, -0.05) is 41.9 Å². The third-order valence-electron chi connectivity index (χ3n) is 3.75. The van der Waals surface area contributed by atoms with Gasteiger partial charge in [-0.05, 0) is 30.3 Å². The second kappa shape index (κ2) is 7.80. The first-order valence-corrected chi connectivity index (χ1v) is 8.19. The van der Waals surface area contributed by atoms with Gasteiger partial charge < -0.3 is 4.74 Å². The molecule has 0 aliphatic heterocycles. The molecule has 6 nitrogen and oxygen atoms in total. The first-order chi connectivity index (χ1) is 13.0. The number of hydrogen-bond donors (Lipinski definition) is 0. The van der Waals surface area contributed by atoms with Crippen molar-refractivity contribution in [3.8, 4) is 5.75 Å². The topological polar surface area (TPSA) is 86.5 Å². The number of non-ortho nitro benzene ring substituents is 1. The van der Waals surface area contributed by atoms with Crippen molar-refractivity contribution in [1.82, 2.24) is 0 Å². The minimum Gasteiger partial charge on any atom is -0.423 e. The number of hydrogen-bond acceptors (Lipinski definition) is 5. The number of ketones is 1. The Morgan fingerprint density at radius 3 is 2.11 bits per heavy atom. The fourth-order valence-corrected chi connectivity index (χ4v) is 2.63. The first-order valence-electron chi connectivity index (χ1n) is 7.81. The van der Waals surface area contributed by atoms with Crippen LogP contribution < -0.4 is 4.74 Å². The molecule has 0 saturated heterocycles. The lowest BCUT2D eigenvalue weighted by atomic mass is 10.0. The summed E-state index contributed by atoms with van der Waals surface area (Å²) >= 11 is 5.92. The largest absolute Gasteiger partial charge is 0.423 e. The van der Waals surface area contributed by atoms with Crippen molar-refractivity contribution in [2.24, 2.45) is 0 Å². The number of ether oxygens (including phenoxy) is 1. The summed E-state index contributed by atoms with van der Waals surface area (Å²) in [4.78, 5) is 34.7. The maximum absolute atomic E-state index is 12.4. The Bertz CT molecular complexity index is 1020. The van der Waals surface area contributed by atoms with E-state index in [9.17, 15) is 19.7 Å². The summed E-state index contributed by atoms with van der Waals surface area (Å²) < 4.78 is 5.22. The van der Waals surface area contributed by atoms with Crippen LogP contribution in [-0.2, 0) is 0 Å². The summed E-state index contributed by atoms with van der Waals surface area (Å²) in [5.41, 5.74) is 0.793. The molecule has 0 bridgehead atoms. The Balaban J connectivity index is 1.74. The van der Waals surface area contributed by atoms with E-state index in [1.807, 2.05) is 6.07 Å². The number of nitro benzene ring substituents is 1. The molecule has 134 valence electrons. The summed E-state index contributed by atoms with van der Waals surface area (Å²) in [5.74, 6) is -0.678. The first kappa shape index (κ1) is 18.3. The van der Waals surface area contributed by atoms with Gasteiger partial charge in [-0.15, -0.1) is 0 Å². The molecular formula is C20H12ClNO5. The summed E-state index contributed by atoms with van der Waals surface area (Å²) in [7, 11) is 0. The summed E-state index contributed by atoms with van der Waals surface area (Å²) in [5, 5.41) is 10.6. The highest BCUT2D eigenvalue weighted by Crippen LogP contribution is 2.24. The zero-order valence-corrected chi connectivity index (χ0v) is 14.6. The predicted molar refractivity (Wildman–Crippen MR) is 99.4 cm³/mol. The lowest BCUT2D eigenvalue weighted by Gasteiger charge is -2.07. The van der Waals surface area contributed by atoms with Crippen LogP contribution in [0, 0.1) is 10.1 Å². The molecule has 0 heterocycles. The SMILES string of the molecule is O=C(c1ccccc1)c1ccc(OC(=O)c2ccc([N+](=O)[O-])cc2Cl)cc1. The minimum absolute atomic E-state index is 0.00621. The van der Waals surface area contributed by atoms with E-state index in [0.29, 0.717) is 11.1 Å². The number of esters is 1. The van der Waals surface area contributed by atoms with E-state index in [1.165, 1.54) is 24.3 Å². The second-order valence-electron chi connectivity index (χ2n) is 5.53. The number of halogens is 1. The smallest absolute Gasteiger partial charge is 0.345 e. The van der Waals surface area contributed by atoms with Crippen LogP contribution in [0.2, 0.25) is 5.02 Å². The van der Waals surface area contributed by atoms with Crippen LogP contribution in [0.15, 0.2) is 72.8 Å². The van der Waals surface area contributed by atoms with Gasteiger partial charge in [0.25, 0.3) is 5.69 Å². The predicted octanol–water partition coefficient (Wildman–Crippen LogP) is 4.70. The van der Waals surface area contributed by atoms with Crippen LogP contribution in [0.5, 0.6) is 5.75 Å². The average Bonchev–Trinajstić information content (AvgIpc) is 2.68. The average molecular weight is 382 g/mol. The van der Waals surface area contributed by atoms with Gasteiger partial charge in [0.1, 0.15) is 5.75 Å². The van der Waals surface area contributed by atoms with Gasteiger partial charge in [0.05, 0.1) is 15.5 Å². The minimum atomic E-state index is -0.753. The Morgan fingerprint density at radius 2 is 1.52 bits per heavy atom. The number of carbonyl (C=O) groups excluding carboxylic acids is 2. The molecule has 0 aliphatic carbocycles. The standard InChI is InChI=1S/C20H12ClNO5/c21-18-12-15(22(25)26)8-11-17(18)20(24)27-16-9-6-14(7-10-16)19(23)13-4-2-1-3-5-13/h1-12H. The Kier molecular flexibility index (Phi) is 5.28. The lowest BCUT2D eigenvalue weighted by Crippen LogP contribution is -2.09. The maximum atomic E-state index is 12.4. The zero-order chi connectivity index (χ0) is 19.4. The normalized spacial score (nSPS) is 10.3. The third-order valence-corrected chi connectivity index (χ3v) is 4.06. The number of carbonyl (C=O) groups is 2. The van der Waals surface area contributed by atoms with Crippen molar-refractivity contribution >= 4 is 29.0 Å². The Hall–Kier alpha value is -3.51. The number of nitrogens with zero attached hydrogens (tertiary/aromatic N) is 1. The summed E-state index contributed by atoms with van der Waals surface area (Å²) in [6.07, 6.45) is 0. The molecular weight excluding hydrogens is 370 g/mol. The van der Waals surface area contributed by atoms with Crippen LogP contribution in [0.25, 0.3) is 0 Å².